The van der Waals surface area contributed by atoms with Crippen LogP contribution in [0.15, 0.2) is 40.9 Å². The second-order valence-corrected chi connectivity index (χ2v) is 8.21. The number of hydrogen-bond donors (Lipinski definition) is 1. The van der Waals surface area contributed by atoms with Gasteiger partial charge in [-0.1, -0.05) is 35.5 Å². The van der Waals surface area contributed by atoms with Crippen LogP contribution in [0.1, 0.15) is 59.8 Å². The van der Waals surface area contributed by atoms with Crippen LogP contribution < -0.4 is 5.32 Å². The number of amides is 1. The Morgan fingerprint density at radius 1 is 1.17 bits per heavy atom. The van der Waals surface area contributed by atoms with Gasteiger partial charge in [0.15, 0.2) is 0 Å². The van der Waals surface area contributed by atoms with Gasteiger partial charge in [0.2, 0.25) is 5.76 Å². The number of ether oxygens (including phenoxy) is 1. The fraction of sp³-hybridized carbons (Fsp3) is 0.565. The zero-order valence-corrected chi connectivity index (χ0v) is 17.0. The summed E-state index contributed by atoms with van der Waals surface area (Å²) in [6.45, 7) is 4.65. The molecule has 156 valence electrons. The minimum Gasteiger partial charge on any atom is -0.379 e. The fourth-order valence-corrected chi connectivity index (χ4v) is 4.30. The van der Waals surface area contributed by atoms with Crippen LogP contribution in [-0.2, 0) is 11.2 Å². The molecule has 2 saturated heterocycles. The Kier molecular flexibility index (Phi) is 6.96. The molecule has 2 fully saturated rings. The van der Waals surface area contributed by atoms with Crippen LogP contribution in [0.5, 0.6) is 0 Å². The monoisotopic (exact) mass is 397 g/mol. The molecule has 0 radical (unpaired) electrons. The highest BCUT2D eigenvalue weighted by molar-refractivity contribution is 5.91. The number of rotatable bonds is 7. The Morgan fingerprint density at radius 3 is 2.76 bits per heavy atom. The predicted molar refractivity (Wildman–Crippen MR) is 111 cm³/mol. The SMILES string of the molecule is O=C(N[C@H]1CCCOC1)c1cc(C2CCN(CCCc3ccccc3)CC2)no1. The van der Waals surface area contributed by atoms with Crippen molar-refractivity contribution in [1.82, 2.24) is 15.4 Å². The highest BCUT2D eigenvalue weighted by Gasteiger charge is 2.25. The summed E-state index contributed by atoms with van der Waals surface area (Å²) in [6, 6.07) is 12.6. The maximum absolute atomic E-state index is 12.4. The standard InChI is InChI=1S/C23H31N3O3/c27-23(24-20-9-5-15-28-17-20)22-16-21(25-29-22)19-10-13-26(14-11-19)12-4-8-18-6-2-1-3-7-18/h1-3,6-7,16,19-20H,4-5,8-15,17H2,(H,24,27)/t20-/m0/s1. The first-order valence-electron chi connectivity index (χ1n) is 10.9. The summed E-state index contributed by atoms with van der Waals surface area (Å²) in [5.41, 5.74) is 2.33. The number of benzene rings is 1. The van der Waals surface area contributed by atoms with E-state index in [-0.39, 0.29) is 11.9 Å². The van der Waals surface area contributed by atoms with Crippen molar-refractivity contribution in [1.29, 1.82) is 0 Å². The van der Waals surface area contributed by atoms with Gasteiger partial charge in [0.05, 0.1) is 18.3 Å². The summed E-state index contributed by atoms with van der Waals surface area (Å²) in [5.74, 6) is 0.511. The van der Waals surface area contributed by atoms with Gasteiger partial charge >= 0.3 is 0 Å². The van der Waals surface area contributed by atoms with Gasteiger partial charge in [-0.3, -0.25) is 4.79 Å². The highest BCUT2D eigenvalue weighted by atomic mass is 16.5. The van der Waals surface area contributed by atoms with Crippen molar-refractivity contribution in [3.63, 3.8) is 0 Å². The van der Waals surface area contributed by atoms with E-state index in [0.717, 1.165) is 64.0 Å². The second-order valence-electron chi connectivity index (χ2n) is 8.21. The van der Waals surface area contributed by atoms with E-state index in [9.17, 15) is 4.79 Å². The molecule has 2 aliphatic heterocycles. The number of piperidine rings is 1. The van der Waals surface area contributed by atoms with Gasteiger partial charge in [-0.05, 0) is 63.7 Å². The number of aromatic nitrogens is 1. The van der Waals surface area contributed by atoms with E-state index in [1.54, 1.807) is 0 Å². The third kappa shape index (κ3) is 5.67. The summed E-state index contributed by atoms with van der Waals surface area (Å²) in [7, 11) is 0. The number of aryl methyl sites for hydroxylation is 1. The Bertz CT molecular complexity index is 763. The van der Waals surface area contributed by atoms with E-state index >= 15 is 0 Å². The third-order valence-electron chi connectivity index (χ3n) is 6.04. The van der Waals surface area contributed by atoms with Crippen LogP contribution >= 0.6 is 0 Å². The zero-order valence-electron chi connectivity index (χ0n) is 17.0. The Balaban J connectivity index is 1.20. The average molecular weight is 398 g/mol. The molecule has 2 aliphatic rings. The van der Waals surface area contributed by atoms with E-state index in [2.05, 4.69) is 45.7 Å². The van der Waals surface area contributed by atoms with Crippen molar-refractivity contribution >= 4 is 5.91 Å². The first-order valence-corrected chi connectivity index (χ1v) is 10.9. The van der Waals surface area contributed by atoms with Crippen LogP contribution in [0.25, 0.3) is 0 Å². The average Bonchev–Trinajstić information content (AvgIpc) is 3.26. The smallest absolute Gasteiger partial charge is 0.290 e. The molecular formula is C23H31N3O3. The van der Waals surface area contributed by atoms with E-state index in [0.29, 0.717) is 18.3 Å². The normalized spacial score (nSPS) is 21.2. The topological polar surface area (TPSA) is 67.6 Å². The lowest BCUT2D eigenvalue weighted by Gasteiger charge is -2.30. The maximum Gasteiger partial charge on any atom is 0.290 e. The van der Waals surface area contributed by atoms with Crippen LogP contribution in [0, 0.1) is 0 Å². The van der Waals surface area contributed by atoms with E-state index in [1.165, 1.54) is 12.0 Å². The van der Waals surface area contributed by atoms with Crippen molar-refractivity contribution < 1.29 is 14.1 Å². The van der Waals surface area contributed by atoms with Crippen molar-refractivity contribution in [2.45, 2.75) is 50.5 Å². The van der Waals surface area contributed by atoms with Crippen molar-refractivity contribution in [3.8, 4) is 0 Å². The molecule has 4 rings (SSSR count). The Labute approximate surface area is 172 Å². The molecule has 1 N–H and O–H groups in total. The molecule has 1 atom stereocenters. The summed E-state index contributed by atoms with van der Waals surface area (Å²) in [4.78, 5) is 14.9. The molecule has 2 aromatic rings. The molecule has 6 nitrogen and oxygen atoms in total. The Morgan fingerprint density at radius 2 is 2.00 bits per heavy atom. The lowest BCUT2D eigenvalue weighted by Crippen LogP contribution is -2.40. The highest BCUT2D eigenvalue weighted by Crippen LogP contribution is 2.28. The van der Waals surface area contributed by atoms with Crippen LogP contribution in [-0.4, -0.2) is 54.9 Å². The van der Waals surface area contributed by atoms with Gasteiger partial charge in [-0.15, -0.1) is 0 Å². The molecule has 3 heterocycles. The molecule has 1 aromatic heterocycles. The third-order valence-corrected chi connectivity index (χ3v) is 6.04. The van der Waals surface area contributed by atoms with E-state index in [4.69, 9.17) is 9.26 Å². The number of likely N-dealkylation sites (tertiary alicyclic amines) is 1. The fourth-order valence-electron chi connectivity index (χ4n) is 4.30. The largest absolute Gasteiger partial charge is 0.379 e. The molecule has 0 bridgehead atoms. The number of carbonyl (C=O) groups is 1. The van der Waals surface area contributed by atoms with Gasteiger partial charge in [-0.25, -0.2) is 0 Å². The lowest BCUT2D eigenvalue weighted by atomic mass is 9.93. The predicted octanol–water partition coefficient (Wildman–Crippen LogP) is 3.40. The molecule has 0 aliphatic carbocycles. The zero-order chi connectivity index (χ0) is 19.9. The van der Waals surface area contributed by atoms with Crippen molar-refractivity contribution in [2.24, 2.45) is 0 Å². The first-order chi connectivity index (χ1) is 14.3. The molecule has 1 amide bonds. The van der Waals surface area contributed by atoms with Gasteiger partial charge in [0.1, 0.15) is 0 Å². The molecule has 29 heavy (non-hydrogen) atoms. The minimum absolute atomic E-state index is 0.0731. The molecule has 0 saturated carbocycles. The second kappa shape index (κ2) is 10.0. The molecule has 6 heteroatoms. The van der Waals surface area contributed by atoms with Gasteiger partial charge in [0, 0.05) is 18.6 Å². The van der Waals surface area contributed by atoms with Gasteiger partial charge in [-0.2, -0.15) is 0 Å². The molecule has 0 unspecified atom stereocenters. The lowest BCUT2D eigenvalue weighted by molar-refractivity contribution is 0.0608. The Hall–Kier alpha value is -2.18. The number of nitrogens with zero attached hydrogens (tertiary/aromatic N) is 2. The minimum atomic E-state index is -0.183. The summed E-state index contributed by atoms with van der Waals surface area (Å²) in [5, 5.41) is 7.18. The summed E-state index contributed by atoms with van der Waals surface area (Å²) >= 11 is 0. The quantitative estimate of drug-likeness (QED) is 0.776. The van der Waals surface area contributed by atoms with Crippen LogP contribution in [0.3, 0.4) is 0 Å². The van der Waals surface area contributed by atoms with E-state index < -0.39 is 0 Å². The van der Waals surface area contributed by atoms with Crippen LogP contribution in [0.4, 0.5) is 0 Å². The summed E-state index contributed by atoms with van der Waals surface area (Å²) in [6.07, 6.45) is 6.39. The number of hydrogen-bond acceptors (Lipinski definition) is 5. The van der Waals surface area contributed by atoms with Gasteiger partial charge < -0.3 is 19.5 Å². The van der Waals surface area contributed by atoms with Crippen molar-refractivity contribution in [2.75, 3.05) is 32.8 Å². The molecular weight excluding hydrogens is 366 g/mol. The van der Waals surface area contributed by atoms with Crippen molar-refractivity contribution in [3.05, 3.63) is 53.4 Å². The maximum atomic E-state index is 12.4. The summed E-state index contributed by atoms with van der Waals surface area (Å²) < 4.78 is 10.8. The first kappa shape index (κ1) is 20.1. The van der Waals surface area contributed by atoms with Crippen LogP contribution in [0.2, 0.25) is 0 Å². The van der Waals surface area contributed by atoms with E-state index in [1.807, 2.05) is 6.07 Å². The molecule has 1 aromatic carbocycles. The number of carbonyl (C=O) groups excluding carboxylic acids is 1. The molecule has 0 spiro atoms. The van der Waals surface area contributed by atoms with Gasteiger partial charge in [0.25, 0.3) is 5.91 Å². The number of nitrogens with one attached hydrogen (secondary N) is 1.